The van der Waals surface area contributed by atoms with Crippen molar-refractivity contribution in [1.82, 2.24) is 5.32 Å². The Morgan fingerprint density at radius 3 is 2.50 bits per heavy atom. The highest BCUT2D eigenvalue weighted by molar-refractivity contribution is 4.83. The first-order valence-corrected chi connectivity index (χ1v) is 5.84. The summed E-state index contributed by atoms with van der Waals surface area (Å²) in [4.78, 5) is 0. The fourth-order valence-corrected chi connectivity index (χ4v) is 1.98. The molecule has 0 bridgehead atoms. The van der Waals surface area contributed by atoms with Crippen LogP contribution >= 0.6 is 0 Å². The van der Waals surface area contributed by atoms with Gasteiger partial charge in [0.25, 0.3) is 0 Å². The van der Waals surface area contributed by atoms with E-state index in [4.69, 9.17) is 4.74 Å². The van der Waals surface area contributed by atoms with Crippen LogP contribution in [0.2, 0.25) is 0 Å². The van der Waals surface area contributed by atoms with E-state index in [-0.39, 0.29) is 11.6 Å². The lowest BCUT2D eigenvalue weighted by atomic mass is 9.94. The zero-order valence-corrected chi connectivity index (χ0v) is 10.3. The molecule has 1 N–H and O–H groups in total. The molecule has 0 radical (unpaired) electrons. The van der Waals surface area contributed by atoms with Crippen LogP contribution in [0.15, 0.2) is 0 Å². The molecule has 1 aliphatic rings. The SMILES string of the molecule is CCCC(C)C1CNC(C(C)(C)C)O1. The maximum absolute atomic E-state index is 6.03. The normalized spacial score (nSPS) is 30.6. The van der Waals surface area contributed by atoms with Gasteiger partial charge in [0.1, 0.15) is 6.23 Å². The molecule has 1 fully saturated rings. The van der Waals surface area contributed by atoms with Gasteiger partial charge in [0.15, 0.2) is 0 Å². The van der Waals surface area contributed by atoms with E-state index < -0.39 is 0 Å². The Hall–Kier alpha value is -0.0800. The summed E-state index contributed by atoms with van der Waals surface area (Å²) in [5.74, 6) is 0.680. The van der Waals surface area contributed by atoms with Crippen molar-refractivity contribution in [2.24, 2.45) is 11.3 Å². The molecule has 0 spiro atoms. The second-order valence-electron chi connectivity index (χ2n) is 5.59. The highest BCUT2D eigenvalue weighted by atomic mass is 16.5. The van der Waals surface area contributed by atoms with Crippen molar-refractivity contribution in [2.75, 3.05) is 6.54 Å². The zero-order valence-electron chi connectivity index (χ0n) is 10.3. The van der Waals surface area contributed by atoms with E-state index in [1.807, 2.05) is 0 Å². The molecular weight excluding hydrogens is 174 g/mol. The van der Waals surface area contributed by atoms with Gasteiger partial charge in [-0.15, -0.1) is 0 Å². The minimum absolute atomic E-state index is 0.209. The van der Waals surface area contributed by atoms with Gasteiger partial charge in [-0.2, -0.15) is 0 Å². The Bertz CT molecular complexity index is 174. The molecule has 0 aromatic carbocycles. The first-order chi connectivity index (χ1) is 6.45. The second kappa shape index (κ2) is 4.63. The van der Waals surface area contributed by atoms with Crippen LogP contribution in [0.1, 0.15) is 47.5 Å². The minimum Gasteiger partial charge on any atom is -0.358 e. The number of hydrogen-bond acceptors (Lipinski definition) is 2. The predicted octanol–water partition coefficient (Wildman–Crippen LogP) is 2.78. The Morgan fingerprint density at radius 2 is 2.07 bits per heavy atom. The molecule has 2 nitrogen and oxygen atoms in total. The topological polar surface area (TPSA) is 21.3 Å². The molecule has 0 saturated carbocycles. The number of hydrogen-bond donors (Lipinski definition) is 1. The fourth-order valence-electron chi connectivity index (χ4n) is 1.98. The summed E-state index contributed by atoms with van der Waals surface area (Å²) in [6, 6.07) is 0. The quantitative estimate of drug-likeness (QED) is 0.754. The molecule has 3 atom stereocenters. The van der Waals surface area contributed by atoms with E-state index in [1.165, 1.54) is 12.8 Å². The summed E-state index contributed by atoms with van der Waals surface area (Å²) in [5, 5.41) is 3.46. The van der Waals surface area contributed by atoms with Crippen molar-refractivity contribution in [3.05, 3.63) is 0 Å². The zero-order chi connectivity index (χ0) is 10.8. The minimum atomic E-state index is 0.209. The average Bonchev–Trinajstić information content (AvgIpc) is 2.51. The van der Waals surface area contributed by atoms with Gasteiger partial charge >= 0.3 is 0 Å². The first-order valence-electron chi connectivity index (χ1n) is 5.84. The molecule has 3 unspecified atom stereocenters. The second-order valence-corrected chi connectivity index (χ2v) is 5.59. The monoisotopic (exact) mass is 199 g/mol. The molecule has 1 saturated heterocycles. The van der Waals surface area contributed by atoms with Crippen LogP contribution in [0.4, 0.5) is 0 Å². The molecule has 0 aromatic rings. The van der Waals surface area contributed by atoms with Crippen LogP contribution in [0.25, 0.3) is 0 Å². The number of ether oxygens (including phenoxy) is 1. The maximum atomic E-state index is 6.03. The smallest absolute Gasteiger partial charge is 0.113 e. The summed E-state index contributed by atoms with van der Waals surface area (Å²) in [5.41, 5.74) is 0.209. The Morgan fingerprint density at radius 1 is 1.43 bits per heavy atom. The van der Waals surface area contributed by atoms with E-state index in [9.17, 15) is 0 Å². The summed E-state index contributed by atoms with van der Waals surface area (Å²) < 4.78 is 6.03. The third kappa shape index (κ3) is 2.96. The molecule has 1 aliphatic heterocycles. The molecule has 1 heterocycles. The molecule has 0 amide bonds. The highest BCUT2D eigenvalue weighted by Gasteiger charge is 2.35. The van der Waals surface area contributed by atoms with Crippen molar-refractivity contribution >= 4 is 0 Å². The largest absolute Gasteiger partial charge is 0.358 e. The van der Waals surface area contributed by atoms with Crippen LogP contribution in [0.5, 0.6) is 0 Å². The molecule has 84 valence electrons. The van der Waals surface area contributed by atoms with Crippen LogP contribution in [0, 0.1) is 11.3 Å². The van der Waals surface area contributed by atoms with Crippen LogP contribution in [-0.2, 0) is 4.74 Å². The fraction of sp³-hybridized carbons (Fsp3) is 1.00. The third-order valence-electron chi connectivity index (χ3n) is 2.98. The van der Waals surface area contributed by atoms with E-state index in [2.05, 4.69) is 39.9 Å². The van der Waals surface area contributed by atoms with Crippen LogP contribution in [-0.4, -0.2) is 18.9 Å². The molecule has 0 aliphatic carbocycles. The molecule has 1 rings (SSSR count). The van der Waals surface area contributed by atoms with E-state index in [0.29, 0.717) is 12.0 Å². The van der Waals surface area contributed by atoms with E-state index in [1.54, 1.807) is 0 Å². The van der Waals surface area contributed by atoms with Gasteiger partial charge in [-0.25, -0.2) is 0 Å². The van der Waals surface area contributed by atoms with Gasteiger partial charge in [-0.3, -0.25) is 5.32 Å². The number of rotatable bonds is 3. The average molecular weight is 199 g/mol. The lowest BCUT2D eigenvalue weighted by molar-refractivity contribution is -0.0415. The van der Waals surface area contributed by atoms with Gasteiger partial charge in [-0.1, -0.05) is 41.0 Å². The molecule has 0 aromatic heterocycles. The van der Waals surface area contributed by atoms with Crippen LogP contribution < -0.4 is 5.32 Å². The van der Waals surface area contributed by atoms with Gasteiger partial charge in [0.2, 0.25) is 0 Å². The molecule has 2 heteroatoms. The van der Waals surface area contributed by atoms with Crippen molar-refractivity contribution in [1.29, 1.82) is 0 Å². The summed E-state index contributed by atoms with van der Waals surface area (Å²) in [6.45, 7) is 12.2. The first kappa shape index (κ1) is 12.0. The lowest BCUT2D eigenvalue weighted by Gasteiger charge is -2.27. The van der Waals surface area contributed by atoms with E-state index >= 15 is 0 Å². The van der Waals surface area contributed by atoms with Crippen molar-refractivity contribution in [2.45, 2.75) is 59.8 Å². The lowest BCUT2D eigenvalue weighted by Crippen LogP contribution is -2.36. The maximum Gasteiger partial charge on any atom is 0.113 e. The standard InChI is InChI=1S/C12H25NO/c1-6-7-9(2)10-8-13-11(14-10)12(3,4)5/h9-11,13H,6-8H2,1-5H3. The number of nitrogens with one attached hydrogen (secondary N) is 1. The summed E-state index contributed by atoms with van der Waals surface area (Å²) in [6.07, 6.45) is 3.16. The Labute approximate surface area is 88.4 Å². The molecular formula is C12H25NO. The van der Waals surface area contributed by atoms with Crippen molar-refractivity contribution in [3.63, 3.8) is 0 Å². The molecule has 14 heavy (non-hydrogen) atoms. The van der Waals surface area contributed by atoms with Crippen LogP contribution in [0.3, 0.4) is 0 Å². The van der Waals surface area contributed by atoms with Gasteiger partial charge < -0.3 is 4.74 Å². The summed E-state index contributed by atoms with van der Waals surface area (Å²) >= 11 is 0. The van der Waals surface area contributed by atoms with Crippen molar-refractivity contribution < 1.29 is 4.74 Å². The Balaban J connectivity index is 2.41. The highest BCUT2D eigenvalue weighted by Crippen LogP contribution is 2.28. The summed E-state index contributed by atoms with van der Waals surface area (Å²) in [7, 11) is 0. The van der Waals surface area contributed by atoms with Crippen molar-refractivity contribution in [3.8, 4) is 0 Å². The Kier molecular flexibility index (Phi) is 3.96. The predicted molar refractivity (Wildman–Crippen MR) is 60.2 cm³/mol. The van der Waals surface area contributed by atoms with Gasteiger partial charge in [-0.05, 0) is 12.3 Å². The third-order valence-corrected chi connectivity index (χ3v) is 2.98. The van der Waals surface area contributed by atoms with E-state index in [0.717, 1.165) is 6.54 Å². The van der Waals surface area contributed by atoms with Gasteiger partial charge in [0, 0.05) is 12.0 Å². The van der Waals surface area contributed by atoms with Gasteiger partial charge in [0.05, 0.1) is 6.10 Å².